The lowest BCUT2D eigenvalue weighted by atomic mass is 9.87. The van der Waals surface area contributed by atoms with Gasteiger partial charge in [-0.25, -0.2) is 0 Å². The van der Waals surface area contributed by atoms with Gasteiger partial charge in [-0.2, -0.15) is 0 Å². The zero-order valence-corrected chi connectivity index (χ0v) is 11.2. The molecular weight excluding hydrogens is 234 g/mol. The van der Waals surface area contributed by atoms with Gasteiger partial charge in [-0.05, 0) is 67.1 Å². The first kappa shape index (κ1) is 12.1. The van der Waals surface area contributed by atoms with E-state index in [9.17, 15) is 5.11 Å². The van der Waals surface area contributed by atoms with Crippen LogP contribution in [0.15, 0.2) is 42.5 Å². The number of hydrogen-bond donors (Lipinski definition) is 2. The predicted octanol–water partition coefficient (Wildman–Crippen LogP) is 4.19. The molecule has 0 fully saturated rings. The van der Waals surface area contributed by atoms with Gasteiger partial charge < -0.3 is 10.4 Å². The van der Waals surface area contributed by atoms with Crippen LogP contribution in [0.3, 0.4) is 0 Å². The van der Waals surface area contributed by atoms with Gasteiger partial charge in [0.25, 0.3) is 0 Å². The van der Waals surface area contributed by atoms with E-state index in [0.717, 1.165) is 12.8 Å². The van der Waals surface area contributed by atoms with Crippen molar-refractivity contribution in [2.45, 2.75) is 32.2 Å². The minimum Gasteiger partial charge on any atom is -0.508 e. The Morgan fingerprint density at radius 2 is 2.05 bits per heavy atom. The van der Waals surface area contributed by atoms with Gasteiger partial charge in [0.2, 0.25) is 0 Å². The van der Waals surface area contributed by atoms with Gasteiger partial charge in [-0.3, -0.25) is 0 Å². The maximum atomic E-state index is 9.58. The summed E-state index contributed by atoms with van der Waals surface area (Å²) in [6, 6.07) is 14.6. The Balaban J connectivity index is 1.87. The van der Waals surface area contributed by atoms with Gasteiger partial charge in [0.1, 0.15) is 5.75 Å². The van der Waals surface area contributed by atoms with Crippen molar-refractivity contribution in [3.05, 3.63) is 59.2 Å². The number of anilines is 1. The van der Waals surface area contributed by atoms with Gasteiger partial charge in [-0.1, -0.05) is 18.2 Å². The van der Waals surface area contributed by atoms with E-state index in [2.05, 4.69) is 42.6 Å². The molecule has 0 radical (unpaired) electrons. The van der Waals surface area contributed by atoms with Crippen LogP contribution in [0.1, 0.15) is 35.6 Å². The lowest BCUT2D eigenvalue weighted by Gasteiger charge is -2.27. The Kier molecular flexibility index (Phi) is 3.16. The van der Waals surface area contributed by atoms with Crippen molar-refractivity contribution in [2.75, 3.05) is 5.32 Å². The lowest BCUT2D eigenvalue weighted by molar-refractivity contribution is 0.472. The average Bonchev–Trinajstić information content (AvgIpc) is 2.38. The van der Waals surface area contributed by atoms with Gasteiger partial charge in [0.15, 0.2) is 0 Å². The fraction of sp³-hybridized carbons (Fsp3) is 0.294. The van der Waals surface area contributed by atoms with Crippen LogP contribution in [-0.4, -0.2) is 5.11 Å². The first-order chi connectivity index (χ1) is 9.22. The van der Waals surface area contributed by atoms with Crippen LogP contribution < -0.4 is 5.32 Å². The second-order valence-corrected chi connectivity index (χ2v) is 5.34. The zero-order valence-electron chi connectivity index (χ0n) is 11.2. The second-order valence-electron chi connectivity index (χ2n) is 5.34. The third kappa shape index (κ3) is 2.58. The first-order valence-electron chi connectivity index (χ1n) is 6.87. The van der Waals surface area contributed by atoms with Crippen molar-refractivity contribution in [2.24, 2.45) is 0 Å². The molecule has 0 saturated heterocycles. The highest BCUT2D eigenvalue weighted by Crippen LogP contribution is 2.34. The molecule has 2 N–H and O–H groups in total. The van der Waals surface area contributed by atoms with Crippen LogP contribution in [0, 0.1) is 6.92 Å². The van der Waals surface area contributed by atoms with Crippen molar-refractivity contribution >= 4 is 5.69 Å². The van der Waals surface area contributed by atoms with Crippen molar-refractivity contribution in [1.29, 1.82) is 0 Å². The highest BCUT2D eigenvalue weighted by Gasteiger charge is 2.20. The largest absolute Gasteiger partial charge is 0.508 e. The van der Waals surface area contributed by atoms with E-state index < -0.39 is 0 Å². The SMILES string of the molecule is Cc1cccc(NC2CCCc3cc(O)ccc32)c1. The molecule has 1 aliphatic rings. The molecule has 1 aliphatic carbocycles. The van der Waals surface area contributed by atoms with Gasteiger partial charge in [0, 0.05) is 5.69 Å². The lowest BCUT2D eigenvalue weighted by Crippen LogP contribution is -2.17. The summed E-state index contributed by atoms with van der Waals surface area (Å²) in [7, 11) is 0. The molecule has 0 aromatic heterocycles. The summed E-state index contributed by atoms with van der Waals surface area (Å²) in [4.78, 5) is 0. The number of phenols is 1. The molecule has 0 bridgehead atoms. The fourth-order valence-corrected chi connectivity index (χ4v) is 2.89. The van der Waals surface area contributed by atoms with Crippen molar-refractivity contribution < 1.29 is 5.11 Å². The molecule has 2 nitrogen and oxygen atoms in total. The molecule has 98 valence electrons. The van der Waals surface area contributed by atoms with Crippen molar-refractivity contribution in [3.8, 4) is 5.75 Å². The van der Waals surface area contributed by atoms with Crippen LogP contribution in [0.5, 0.6) is 5.75 Å². The Bertz CT molecular complexity index is 592. The molecule has 2 aromatic rings. The minimum absolute atomic E-state index is 0.353. The number of rotatable bonds is 2. The maximum Gasteiger partial charge on any atom is 0.115 e. The summed E-state index contributed by atoms with van der Waals surface area (Å²) >= 11 is 0. The molecular formula is C17H19NO. The van der Waals surface area contributed by atoms with Gasteiger partial charge in [-0.15, -0.1) is 0 Å². The van der Waals surface area contributed by atoms with Crippen molar-refractivity contribution in [1.82, 2.24) is 0 Å². The molecule has 1 unspecified atom stereocenters. The summed E-state index contributed by atoms with van der Waals surface area (Å²) in [5, 5.41) is 13.2. The fourth-order valence-electron chi connectivity index (χ4n) is 2.89. The molecule has 19 heavy (non-hydrogen) atoms. The zero-order chi connectivity index (χ0) is 13.2. The molecule has 0 amide bonds. The minimum atomic E-state index is 0.353. The van der Waals surface area contributed by atoms with E-state index in [4.69, 9.17) is 0 Å². The Morgan fingerprint density at radius 3 is 2.89 bits per heavy atom. The van der Waals surface area contributed by atoms with Gasteiger partial charge in [0.05, 0.1) is 6.04 Å². The van der Waals surface area contributed by atoms with Crippen molar-refractivity contribution in [3.63, 3.8) is 0 Å². The summed E-state index contributed by atoms with van der Waals surface area (Å²) in [6.07, 6.45) is 3.38. The molecule has 0 heterocycles. The van der Waals surface area contributed by atoms with Crippen LogP contribution in [0.2, 0.25) is 0 Å². The van der Waals surface area contributed by atoms with E-state index in [-0.39, 0.29) is 0 Å². The summed E-state index contributed by atoms with van der Waals surface area (Å²) in [5.41, 5.74) is 5.04. The number of fused-ring (bicyclic) bond motifs is 1. The Hall–Kier alpha value is -1.96. The molecule has 2 heteroatoms. The quantitative estimate of drug-likeness (QED) is 0.841. The smallest absolute Gasteiger partial charge is 0.115 e. The summed E-state index contributed by atoms with van der Waals surface area (Å²) in [6.45, 7) is 2.11. The number of phenolic OH excluding ortho intramolecular Hbond substituents is 1. The molecule has 1 atom stereocenters. The third-order valence-electron chi connectivity index (χ3n) is 3.80. The van der Waals surface area contributed by atoms with E-state index in [0.29, 0.717) is 11.8 Å². The molecule has 2 aromatic carbocycles. The highest BCUT2D eigenvalue weighted by atomic mass is 16.3. The second kappa shape index (κ2) is 4.96. The maximum absolute atomic E-state index is 9.58. The third-order valence-corrected chi connectivity index (χ3v) is 3.80. The van der Waals surface area contributed by atoms with Crippen LogP contribution >= 0.6 is 0 Å². The van der Waals surface area contributed by atoms with E-state index in [1.807, 2.05) is 6.07 Å². The van der Waals surface area contributed by atoms with E-state index in [1.165, 1.54) is 28.8 Å². The molecule has 0 spiro atoms. The predicted molar refractivity (Wildman–Crippen MR) is 78.6 cm³/mol. The standard InChI is InChI=1S/C17H19NO/c1-12-4-2-6-14(10-12)18-17-7-3-5-13-11-15(19)8-9-16(13)17/h2,4,6,8-11,17-19H,3,5,7H2,1H3. The molecule has 3 rings (SSSR count). The normalized spacial score (nSPS) is 17.8. The monoisotopic (exact) mass is 253 g/mol. The average molecular weight is 253 g/mol. The Labute approximate surface area is 114 Å². The van der Waals surface area contributed by atoms with Crippen LogP contribution in [-0.2, 0) is 6.42 Å². The number of aromatic hydroxyl groups is 1. The number of hydrogen-bond acceptors (Lipinski definition) is 2. The van der Waals surface area contributed by atoms with E-state index >= 15 is 0 Å². The summed E-state index contributed by atoms with van der Waals surface area (Å²) in [5.74, 6) is 0.370. The number of aryl methyl sites for hydroxylation is 2. The first-order valence-corrected chi connectivity index (χ1v) is 6.87. The number of benzene rings is 2. The van der Waals surface area contributed by atoms with E-state index in [1.54, 1.807) is 6.07 Å². The van der Waals surface area contributed by atoms with Crippen LogP contribution in [0.4, 0.5) is 5.69 Å². The van der Waals surface area contributed by atoms with Gasteiger partial charge >= 0.3 is 0 Å². The Morgan fingerprint density at radius 1 is 1.16 bits per heavy atom. The molecule has 0 saturated carbocycles. The summed E-state index contributed by atoms with van der Waals surface area (Å²) < 4.78 is 0. The highest BCUT2D eigenvalue weighted by molar-refractivity contribution is 5.49. The topological polar surface area (TPSA) is 32.3 Å². The van der Waals surface area contributed by atoms with Crippen LogP contribution in [0.25, 0.3) is 0 Å². The number of nitrogens with one attached hydrogen (secondary N) is 1. The molecule has 0 aliphatic heterocycles.